The lowest BCUT2D eigenvalue weighted by Crippen LogP contribution is -2.31. The standard InChI is InChI=1S/C11H23N3/c1-6-8-14-11(13-7-2)10(12-5)9(3)4/h12-14H,3,6-8H2,1-2,4-5H3. The fourth-order valence-electron chi connectivity index (χ4n) is 1.22. The largest absolute Gasteiger partial charge is 0.385 e. The van der Waals surface area contributed by atoms with E-state index in [1.165, 1.54) is 0 Å². The summed E-state index contributed by atoms with van der Waals surface area (Å²) in [7, 11) is 1.91. The summed E-state index contributed by atoms with van der Waals surface area (Å²) >= 11 is 0. The Morgan fingerprint density at radius 3 is 2.21 bits per heavy atom. The van der Waals surface area contributed by atoms with Crippen LogP contribution in [0, 0.1) is 0 Å². The van der Waals surface area contributed by atoms with Gasteiger partial charge in [0.05, 0.1) is 5.70 Å². The molecule has 0 atom stereocenters. The maximum atomic E-state index is 3.94. The van der Waals surface area contributed by atoms with E-state index in [0.29, 0.717) is 0 Å². The molecule has 0 bridgehead atoms. The highest BCUT2D eigenvalue weighted by atomic mass is 15.1. The van der Waals surface area contributed by atoms with Crippen LogP contribution in [0.5, 0.6) is 0 Å². The van der Waals surface area contributed by atoms with E-state index >= 15 is 0 Å². The zero-order valence-electron chi connectivity index (χ0n) is 9.83. The first kappa shape index (κ1) is 12.9. The van der Waals surface area contributed by atoms with Crippen molar-refractivity contribution in [2.24, 2.45) is 0 Å². The van der Waals surface area contributed by atoms with Gasteiger partial charge >= 0.3 is 0 Å². The summed E-state index contributed by atoms with van der Waals surface area (Å²) in [5.74, 6) is 1.05. The van der Waals surface area contributed by atoms with Gasteiger partial charge in [-0.25, -0.2) is 0 Å². The molecule has 3 nitrogen and oxygen atoms in total. The van der Waals surface area contributed by atoms with Crippen molar-refractivity contribution in [2.75, 3.05) is 20.1 Å². The lowest BCUT2D eigenvalue weighted by atomic mass is 10.2. The molecule has 0 fully saturated rings. The van der Waals surface area contributed by atoms with E-state index in [2.05, 4.69) is 36.4 Å². The maximum Gasteiger partial charge on any atom is 0.123 e. The average molecular weight is 197 g/mol. The summed E-state index contributed by atoms with van der Waals surface area (Å²) in [5.41, 5.74) is 2.09. The lowest BCUT2D eigenvalue weighted by Gasteiger charge is -2.17. The van der Waals surface area contributed by atoms with E-state index in [9.17, 15) is 0 Å². The Morgan fingerprint density at radius 1 is 1.21 bits per heavy atom. The third kappa shape index (κ3) is 4.21. The first-order valence-electron chi connectivity index (χ1n) is 5.22. The Morgan fingerprint density at radius 2 is 1.86 bits per heavy atom. The van der Waals surface area contributed by atoms with Gasteiger partial charge in [0.2, 0.25) is 0 Å². The second kappa shape index (κ2) is 7.30. The minimum Gasteiger partial charge on any atom is -0.385 e. The van der Waals surface area contributed by atoms with Crippen LogP contribution in [0.4, 0.5) is 0 Å². The minimum absolute atomic E-state index is 0.907. The highest BCUT2D eigenvalue weighted by Crippen LogP contribution is 2.04. The number of hydrogen-bond donors (Lipinski definition) is 3. The van der Waals surface area contributed by atoms with E-state index in [4.69, 9.17) is 0 Å². The summed E-state index contributed by atoms with van der Waals surface area (Å²) in [6, 6.07) is 0. The van der Waals surface area contributed by atoms with Crippen LogP contribution in [0.2, 0.25) is 0 Å². The smallest absolute Gasteiger partial charge is 0.123 e. The molecule has 0 aliphatic carbocycles. The molecule has 0 heterocycles. The van der Waals surface area contributed by atoms with E-state index in [-0.39, 0.29) is 0 Å². The van der Waals surface area contributed by atoms with Crippen LogP contribution in [-0.4, -0.2) is 20.1 Å². The number of hydrogen-bond acceptors (Lipinski definition) is 3. The first-order valence-corrected chi connectivity index (χ1v) is 5.22. The van der Waals surface area contributed by atoms with Crippen molar-refractivity contribution in [3.8, 4) is 0 Å². The third-order valence-corrected chi connectivity index (χ3v) is 1.83. The quantitative estimate of drug-likeness (QED) is 0.542. The van der Waals surface area contributed by atoms with Gasteiger partial charge in [-0.05, 0) is 25.8 Å². The van der Waals surface area contributed by atoms with Crippen LogP contribution in [-0.2, 0) is 0 Å². The van der Waals surface area contributed by atoms with Gasteiger partial charge in [0, 0.05) is 20.1 Å². The molecular weight excluding hydrogens is 174 g/mol. The maximum absolute atomic E-state index is 3.94. The van der Waals surface area contributed by atoms with Gasteiger partial charge in [-0.1, -0.05) is 13.5 Å². The van der Waals surface area contributed by atoms with Crippen LogP contribution >= 0.6 is 0 Å². The Labute approximate surface area is 87.7 Å². The van der Waals surface area contributed by atoms with Gasteiger partial charge in [0.15, 0.2) is 0 Å². The Kier molecular flexibility index (Phi) is 6.72. The number of nitrogens with one attached hydrogen (secondary N) is 3. The molecule has 3 N–H and O–H groups in total. The molecule has 3 heteroatoms. The van der Waals surface area contributed by atoms with Crippen LogP contribution in [0.1, 0.15) is 27.2 Å². The van der Waals surface area contributed by atoms with Gasteiger partial charge in [0.1, 0.15) is 5.82 Å². The topological polar surface area (TPSA) is 36.1 Å². The third-order valence-electron chi connectivity index (χ3n) is 1.83. The van der Waals surface area contributed by atoms with E-state index in [1.54, 1.807) is 0 Å². The second-order valence-corrected chi connectivity index (χ2v) is 3.24. The normalized spacial score (nSPS) is 11.7. The van der Waals surface area contributed by atoms with Crippen molar-refractivity contribution in [1.82, 2.24) is 16.0 Å². The molecule has 0 saturated carbocycles. The molecule has 0 radical (unpaired) electrons. The summed E-state index contributed by atoms with van der Waals surface area (Å²) in [4.78, 5) is 0. The van der Waals surface area contributed by atoms with Crippen molar-refractivity contribution in [1.29, 1.82) is 0 Å². The van der Waals surface area contributed by atoms with Crippen molar-refractivity contribution in [2.45, 2.75) is 27.2 Å². The number of allylic oxidation sites excluding steroid dienone is 1. The minimum atomic E-state index is 0.907. The second-order valence-electron chi connectivity index (χ2n) is 3.24. The molecule has 0 spiro atoms. The summed E-state index contributed by atoms with van der Waals surface area (Å²) in [5, 5.41) is 9.79. The van der Waals surface area contributed by atoms with Crippen molar-refractivity contribution in [3.05, 3.63) is 23.7 Å². The molecule has 0 amide bonds. The van der Waals surface area contributed by atoms with E-state index in [1.807, 2.05) is 14.0 Å². The van der Waals surface area contributed by atoms with Crippen molar-refractivity contribution >= 4 is 0 Å². The Balaban J connectivity index is 4.60. The fraction of sp³-hybridized carbons (Fsp3) is 0.636. The lowest BCUT2D eigenvalue weighted by molar-refractivity contribution is 0.665. The molecule has 0 rings (SSSR count). The SMILES string of the molecule is C=C(C)C(NC)=C(NCC)NCCC. The van der Waals surface area contributed by atoms with Crippen molar-refractivity contribution in [3.63, 3.8) is 0 Å². The van der Waals surface area contributed by atoms with Gasteiger partial charge in [-0.2, -0.15) is 0 Å². The molecular formula is C11H23N3. The molecule has 0 aromatic carbocycles. The Hall–Kier alpha value is -1.12. The van der Waals surface area contributed by atoms with E-state index in [0.717, 1.165) is 36.6 Å². The van der Waals surface area contributed by atoms with Crippen LogP contribution in [0.3, 0.4) is 0 Å². The molecule has 0 aliphatic heterocycles. The molecule has 82 valence electrons. The van der Waals surface area contributed by atoms with Gasteiger partial charge in [0.25, 0.3) is 0 Å². The molecule has 0 unspecified atom stereocenters. The zero-order valence-corrected chi connectivity index (χ0v) is 9.83. The molecule has 0 aromatic heterocycles. The summed E-state index contributed by atoms with van der Waals surface area (Å²) < 4.78 is 0. The highest BCUT2D eigenvalue weighted by molar-refractivity contribution is 5.28. The zero-order chi connectivity index (χ0) is 11.0. The fourth-order valence-corrected chi connectivity index (χ4v) is 1.22. The monoisotopic (exact) mass is 197 g/mol. The van der Waals surface area contributed by atoms with Crippen LogP contribution in [0.15, 0.2) is 23.7 Å². The van der Waals surface area contributed by atoms with Crippen molar-refractivity contribution < 1.29 is 0 Å². The highest BCUT2D eigenvalue weighted by Gasteiger charge is 2.03. The molecule has 0 aliphatic rings. The average Bonchev–Trinajstić information content (AvgIpc) is 2.14. The van der Waals surface area contributed by atoms with E-state index < -0.39 is 0 Å². The van der Waals surface area contributed by atoms with Crippen LogP contribution in [0.25, 0.3) is 0 Å². The Bertz CT molecular complexity index is 207. The van der Waals surface area contributed by atoms with Gasteiger partial charge in [-0.3, -0.25) is 0 Å². The first-order chi connectivity index (χ1) is 6.67. The molecule has 0 saturated heterocycles. The summed E-state index contributed by atoms with van der Waals surface area (Å²) in [6.07, 6.45) is 1.11. The predicted octanol–water partition coefficient (Wildman–Crippen LogP) is 1.56. The van der Waals surface area contributed by atoms with Gasteiger partial charge in [-0.15, -0.1) is 0 Å². The predicted molar refractivity (Wildman–Crippen MR) is 62.9 cm³/mol. The molecule has 0 aromatic rings. The number of rotatable bonds is 7. The summed E-state index contributed by atoms with van der Waals surface area (Å²) in [6.45, 7) is 12.0. The number of likely N-dealkylation sites (N-methyl/N-ethyl adjacent to an activating group) is 1. The molecule has 14 heavy (non-hydrogen) atoms. The van der Waals surface area contributed by atoms with Crippen LogP contribution < -0.4 is 16.0 Å². The van der Waals surface area contributed by atoms with Gasteiger partial charge < -0.3 is 16.0 Å².